The van der Waals surface area contributed by atoms with Gasteiger partial charge in [-0.1, -0.05) is 56.1 Å². The Morgan fingerprint density at radius 3 is 2.48 bits per heavy atom. The molecular weight excluding hydrogens is 451 g/mol. The van der Waals surface area contributed by atoms with Gasteiger partial charge in [-0.2, -0.15) is 0 Å². The Bertz CT molecular complexity index is 1220. The van der Waals surface area contributed by atoms with Crippen molar-refractivity contribution in [3.8, 4) is 11.1 Å². The van der Waals surface area contributed by atoms with E-state index in [2.05, 4.69) is 54.5 Å². The first-order valence-electron chi connectivity index (χ1n) is 10.6. The number of fused-ring (bicyclic) bond motifs is 1. The van der Waals surface area contributed by atoms with Crippen molar-refractivity contribution in [1.82, 2.24) is 9.29 Å². The quantitative estimate of drug-likeness (QED) is 0.433. The number of nitrogens with one attached hydrogen (secondary N) is 1. The molecule has 0 amide bonds. The van der Waals surface area contributed by atoms with Crippen LogP contribution < -0.4 is 4.72 Å². The Labute approximate surface area is 194 Å². The molecule has 7 heteroatoms. The van der Waals surface area contributed by atoms with Crippen LogP contribution in [0.2, 0.25) is 10.0 Å². The van der Waals surface area contributed by atoms with Gasteiger partial charge in [0.1, 0.15) is 0 Å². The van der Waals surface area contributed by atoms with Crippen LogP contribution in [0, 0.1) is 5.41 Å². The number of aromatic nitrogens is 1. The van der Waals surface area contributed by atoms with Gasteiger partial charge in [-0.3, -0.25) is 0 Å². The maximum atomic E-state index is 12.2. The molecule has 0 atom stereocenters. The highest BCUT2D eigenvalue weighted by molar-refractivity contribution is 7.90. The topological polar surface area (TPSA) is 51.1 Å². The van der Waals surface area contributed by atoms with Crippen LogP contribution >= 0.6 is 23.2 Å². The summed E-state index contributed by atoms with van der Waals surface area (Å²) in [6.45, 7) is 7.65. The number of sulfonamides is 1. The summed E-state index contributed by atoms with van der Waals surface area (Å²) in [5, 5.41) is 2.21. The van der Waals surface area contributed by atoms with E-state index < -0.39 is 10.0 Å². The Hall–Kier alpha value is -1.53. The van der Waals surface area contributed by atoms with Crippen LogP contribution in [-0.2, 0) is 23.0 Å². The number of hydrogen-bond acceptors (Lipinski definition) is 2. The highest BCUT2D eigenvalue weighted by Crippen LogP contribution is 2.35. The lowest BCUT2D eigenvalue weighted by Gasteiger charge is -2.17. The molecule has 0 saturated heterocycles. The van der Waals surface area contributed by atoms with Crippen LogP contribution in [0.5, 0.6) is 0 Å². The molecule has 1 heterocycles. The molecule has 1 N–H and O–H groups in total. The lowest BCUT2D eigenvalue weighted by Crippen LogP contribution is -2.30. The molecule has 166 valence electrons. The summed E-state index contributed by atoms with van der Waals surface area (Å²) >= 11 is 12.5. The van der Waals surface area contributed by atoms with E-state index in [-0.39, 0.29) is 10.7 Å². The minimum absolute atomic E-state index is 0.126. The number of rotatable bonds is 7. The van der Waals surface area contributed by atoms with Crippen molar-refractivity contribution >= 4 is 44.1 Å². The summed E-state index contributed by atoms with van der Waals surface area (Å²) in [6.07, 6.45) is 4.62. The molecule has 3 aromatic rings. The first-order valence-corrected chi connectivity index (χ1v) is 12.9. The lowest BCUT2D eigenvalue weighted by molar-refractivity contribution is 0.412. The number of benzene rings is 2. The Morgan fingerprint density at radius 1 is 1.10 bits per heavy atom. The largest absolute Gasteiger partial charge is 0.346 e. The van der Waals surface area contributed by atoms with Crippen molar-refractivity contribution in [3.63, 3.8) is 0 Å². The number of nitrogens with zero attached hydrogens (tertiary/aromatic N) is 1. The average Bonchev–Trinajstić information content (AvgIpc) is 3.47. The molecule has 0 unspecified atom stereocenters. The van der Waals surface area contributed by atoms with Crippen molar-refractivity contribution < 1.29 is 8.42 Å². The van der Waals surface area contributed by atoms with E-state index in [0.717, 1.165) is 35.9 Å². The lowest BCUT2D eigenvalue weighted by atomic mass is 9.88. The minimum atomic E-state index is -3.17. The van der Waals surface area contributed by atoms with Crippen LogP contribution in [0.25, 0.3) is 22.0 Å². The maximum Gasteiger partial charge on any atom is 0.214 e. The van der Waals surface area contributed by atoms with Crippen LogP contribution in [-0.4, -0.2) is 24.8 Å². The molecule has 4 nitrogen and oxygen atoms in total. The van der Waals surface area contributed by atoms with Gasteiger partial charge in [0.05, 0.1) is 5.25 Å². The van der Waals surface area contributed by atoms with Gasteiger partial charge in [0, 0.05) is 45.8 Å². The monoisotopic (exact) mass is 478 g/mol. The molecule has 1 fully saturated rings. The second kappa shape index (κ2) is 8.43. The first kappa shape index (κ1) is 22.7. The molecule has 4 rings (SSSR count). The average molecular weight is 479 g/mol. The third-order valence-electron chi connectivity index (χ3n) is 5.55. The standard InChI is InChI=1S/C24H28Cl2N2O2S/c1-24(2,3)14-17-15-28(11-10-27-31(29,30)19-6-7-19)23-9-4-16(12-21(17)23)20-8-5-18(25)13-22(20)26/h4-5,8-9,12-13,15,19,27H,6-7,10-11,14H2,1-3H3. The maximum absolute atomic E-state index is 12.2. The van der Waals surface area contributed by atoms with E-state index in [9.17, 15) is 8.42 Å². The highest BCUT2D eigenvalue weighted by Gasteiger charge is 2.35. The van der Waals surface area contributed by atoms with Crippen molar-refractivity contribution in [2.45, 2.75) is 51.8 Å². The number of hydrogen-bond donors (Lipinski definition) is 1. The predicted octanol–water partition coefficient (Wildman–Crippen LogP) is 6.29. The summed E-state index contributed by atoms with van der Waals surface area (Å²) in [5.41, 5.74) is 4.45. The van der Waals surface area contributed by atoms with E-state index in [4.69, 9.17) is 23.2 Å². The van der Waals surface area contributed by atoms with Gasteiger partial charge in [0.25, 0.3) is 0 Å². The summed E-state index contributed by atoms with van der Waals surface area (Å²) in [4.78, 5) is 0. The fourth-order valence-electron chi connectivity index (χ4n) is 3.96. The zero-order valence-electron chi connectivity index (χ0n) is 18.1. The second-order valence-electron chi connectivity index (χ2n) is 9.58. The van der Waals surface area contributed by atoms with Crippen molar-refractivity contribution in [2.24, 2.45) is 5.41 Å². The summed E-state index contributed by atoms with van der Waals surface area (Å²) < 4.78 is 29.2. The number of halogens is 2. The van der Waals surface area contributed by atoms with E-state index >= 15 is 0 Å². The molecule has 0 spiro atoms. The first-order chi connectivity index (χ1) is 14.5. The van der Waals surface area contributed by atoms with Crippen molar-refractivity contribution in [2.75, 3.05) is 6.54 Å². The van der Waals surface area contributed by atoms with Gasteiger partial charge in [-0.15, -0.1) is 0 Å². The van der Waals surface area contributed by atoms with Gasteiger partial charge in [-0.05, 0) is 60.1 Å². The van der Waals surface area contributed by atoms with Crippen LogP contribution in [0.1, 0.15) is 39.2 Å². The van der Waals surface area contributed by atoms with E-state index in [1.807, 2.05) is 12.1 Å². The summed E-state index contributed by atoms with van der Waals surface area (Å²) in [6, 6.07) is 11.9. The third kappa shape index (κ3) is 5.28. The van der Waals surface area contributed by atoms with Gasteiger partial charge < -0.3 is 4.57 Å². The SMILES string of the molecule is CC(C)(C)Cc1cn(CCNS(=O)(=O)C2CC2)c2ccc(-c3ccc(Cl)cc3Cl)cc12. The molecule has 1 aliphatic carbocycles. The third-order valence-corrected chi connectivity index (χ3v) is 8.05. The van der Waals surface area contributed by atoms with Gasteiger partial charge in [-0.25, -0.2) is 13.1 Å². The van der Waals surface area contributed by atoms with Crippen molar-refractivity contribution in [3.05, 3.63) is 58.2 Å². The zero-order valence-corrected chi connectivity index (χ0v) is 20.4. The minimum Gasteiger partial charge on any atom is -0.346 e. The van der Waals surface area contributed by atoms with Gasteiger partial charge in [0.2, 0.25) is 10.0 Å². The molecule has 0 bridgehead atoms. The molecule has 1 aromatic heterocycles. The van der Waals surface area contributed by atoms with E-state index in [1.165, 1.54) is 10.9 Å². The van der Waals surface area contributed by atoms with Gasteiger partial charge in [0.15, 0.2) is 0 Å². The normalized spacial score (nSPS) is 15.0. The summed E-state index contributed by atoms with van der Waals surface area (Å²) in [7, 11) is -3.17. The second-order valence-corrected chi connectivity index (χ2v) is 12.5. The molecular formula is C24H28Cl2N2O2S. The van der Waals surface area contributed by atoms with Crippen LogP contribution in [0.15, 0.2) is 42.6 Å². The Morgan fingerprint density at radius 2 is 1.84 bits per heavy atom. The Kier molecular flexibility index (Phi) is 6.16. The van der Waals surface area contributed by atoms with Gasteiger partial charge >= 0.3 is 0 Å². The fraction of sp³-hybridized carbons (Fsp3) is 0.417. The molecule has 2 aromatic carbocycles. The Balaban J connectivity index is 1.68. The van der Waals surface area contributed by atoms with Crippen LogP contribution in [0.3, 0.4) is 0 Å². The van der Waals surface area contributed by atoms with E-state index in [1.54, 1.807) is 6.07 Å². The van der Waals surface area contributed by atoms with E-state index in [0.29, 0.717) is 23.1 Å². The fourth-order valence-corrected chi connectivity index (χ4v) is 5.85. The van der Waals surface area contributed by atoms with Crippen molar-refractivity contribution in [1.29, 1.82) is 0 Å². The zero-order chi connectivity index (χ0) is 22.4. The molecule has 1 aliphatic rings. The summed E-state index contributed by atoms with van der Waals surface area (Å²) in [5.74, 6) is 0. The predicted molar refractivity (Wildman–Crippen MR) is 130 cm³/mol. The molecule has 31 heavy (non-hydrogen) atoms. The molecule has 1 saturated carbocycles. The smallest absolute Gasteiger partial charge is 0.214 e. The molecule has 0 radical (unpaired) electrons. The highest BCUT2D eigenvalue weighted by atomic mass is 35.5. The molecule has 0 aliphatic heterocycles. The van der Waals surface area contributed by atoms with Crippen LogP contribution in [0.4, 0.5) is 0 Å².